The second-order valence-corrected chi connectivity index (χ2v) is 5.45. The van der Waals surface area contributed by atoms with Crippen LogP contribution in [0.15, 0.2) is 0 Å². The van der Waals surface area contributed by atoms with Gasteiger partial charge in [0.25, 0.3) is 0 Å². The molecule has 14 heavy (non-hydrogen) atoms. The van der Waals surface area contributed by atoms with Crippen LogP contribution in [-0.4, -0.2) is 21.7 Å². The monoisotopic (exact) mass is 234 g/mol. The summed E-state index contributed by atoms with van der Waals surface area (Å²) < 4.78 is 5.58. The van der Waals surface area contributed by atoms with Gasteiger partial charge in [-0.05, 0) is 20.8 Å². The van der Waals surface area contributed by atoms with Crippen molar-refractivity contribution in [2.75, 3.05) is 5.88 Å². The van der Waals surface area contributed by atoms with Gasteiger partial charge in [0.05, 0.1) is 5.60 Å². The third-order valence-electron chi connectivity index (χ3n) is 1.45. The van der Waals surface area contributed by atoms with Gasteiger partial charge in [-0.1, -0.05) is 11.3 Å². The SMILES string of the molecule is CC(C)(C)OCc1nnc(CCCl)s1. The lowest BCUT2D eigenvalue weighted by Gasteiger charge is -2.17. The third-order valence-corrected chi connectivity index (χ3v) is 2.59. The molecule has 0 atom stereocenters. The maximum Gasteiger partial charge on any atom is 0.143 e. The molecule has 5 heteroatoms. The fraction of sp³-hybridized carbons (Fsp3) is 0.778. The number of alkyl halides is 1. The largest absolute Gasteiger partial charge is 0.369 e. The molecule has 0 unspecified atom stereocenters. The van der Waals surface area contributed by atoms with Crippen LogP contribution in [0.2, 0.25) is 0 Å². The smallest absolute Gasteiger partial charge is 0.143 e. The van der Waals surface area contributed by atoms with Gasteiger partial charge in [-0.3, -0.25) is 0 Å². The van der Waals surface area contributed by atoms with Gasteiger partial charge in [-0.2, -0.15) is 0 Å². The first-order valence-corrected chi connectivity index (χ1v) is 5.87. The Morgan fingerprint density at radius 3 is 2.50 bits per heavy atom. The normalized spacial score (nSPS) is 12.0. The molecule has 1 aromatic rings. The molecule has 0 N–H and O–H groups in total. The second kappa shape index (κ2) is 5.05. The zero-order chi connectivity index (χ0) is 10.6. The summed E-state index contributed by atoms with van der Waals surface area (Å²) in [5.41, 5.74) is -0.127. The Bertz CT molecular complexity index is 283. The number of nitrogens with zero attached hydrogens (tertiary/aromatic N) is 2. The van der Waals surface area contributed by atoms with Gasteiger partial charge in [0, 0.05) is 12.3 Å². The molecule has 1 aromatic heterocycles. The Morgan fingerprint density at radius 2 is 1.93 bits per heavy atom. The molecule has 0 saturated carbocycles. The van der Waals surface area contributed by atoms with Gasteiger partial charge in [-0.25, -0.2) is 0 Å². The number of ether oxygens (including phenoxy) is 1. The first-order chi connectivity index (χ1) is 6.51. The molecule has 0 aliphatic heterocycles. The van der Waals surface area contributed by atoms with Crippen molar-refractivity contribution in [3.05, 3.63) is 10.0 Å². The van der Waals surface area contributed by atoms with Crippen LogP contribution < -0.4 is 0 Å². The van der Waals surface area contributed by atoms with E-state index in [2.05, 4.69) is 10.2 Å². The van der Waals surface area contributed by atoms with E-state index in [-0.39, 0.29) is 5.60 Å². The van der Waals surface area contributed by atoms with Crippen molar-refractivity contribution in [2.24, 2.45) is 0 Å². The second-order valence-electron chi connectivity index (χ2n) is 3.93. The highest BCUT2D eigenvalue weighted by atomic mass is 35.5. The number of halogens is 1. The van der Waals surface area contributed by atoms with Crippen molar-refractivity contribution < 1.29 is 4.74 Å². The van der Waals surface area contributed by atoms with E-state index in [1.165, 1.54) is 0 Å². The van der Waals surface area contributed by atoms with E-state index < -0.39 is 0 Å². The van der Waals surface area contributed by atoms with Crippen LogP contribution in [0.5, 0.6) is 0 Å². The van der Waals surface area contributed by atoms with Crippen molar-refractivity contribution >= 4 is 22.9 Å². The highest BCUT2D eigenvalue weighted by Crippen LogP contribution is 2.15. The molecule has 0 saturated heterocycles. The molecule has 0 radical (unpaired) electrons. The summed E-state index contributed by atoms with van der Waals surface area (Å²) in [6, 6.07) is 0. The predicted octanol–water partition coefficient (Wildman–Crippen LogP) is 2.63. The molecular formula is C9H15ClN2OS. The van der Waals surface area contributed by atoms with E-state index in [0.29, 0.717) is 12.5 Å². The Morgan fingerprint density at radius 1 is 1.29 bits per heavy atom. The average molecular weight is 235 g/mol. The first-order valence-electron chi connectivity index (χ1n) is 4.52. The van der Waals surface area contributed by atoms with Gasteiger partial charge >= 0.3 is 0 Å². The minimum atomic E-state index is -0.127. The third kappa shape index (κ3) is 4.35. The average Bonchev–Trinajstić information content (AvgIpc) is 2.49. The topological polar surface area (TPSA) is 35.0 Å². The fourth-order valence-electron chi connectivity index (χ4n) is 0.807. The van der Waals surface area contributed by atoms with E-state index in [1.807, 2.05) is 20.8 Å². The Hall–Kier alpha value is -0.190. The van der Waals surface area contributed by atoms with Gasteiger partial charge in [0.2, 0.25) is 0 Å². The van der Waals surface area contributed by atoms with Crippen LogP contribution in [0.25, 0.3) is 0 Å². The van der Waals surface area contributed by atoms with Gasteiger partial charge in [0.1, 0.15) is 16.6 Å². The Labute approximate surface area is 93.5 Å². The number of hydrogen-bond donors (Lipinski definition) is 0. The van der Waals surface area contributed by atoms with E-state index in [0.717, 1.165) is 16.4 Å². The van der Waals surface area contributed by atoms with Gasteiger partial charge in [0.15, 0.2) is 0 Å². The van der Waals surface area contributed by atoms with Crippen LogP contribution in [0.4, 0.5) is 0 Å². The molecule has 1 rings (SSSR count). The summed E-state index contributed by atoms with van der Waals surface area (Å²) >= 11 is 7.17. The van der Waals surface area contributed by atoms with Crippen molar-refractivity contribution in [1.29, 1.82) is 0 Å². The zero-order valence-corrected chi connectivity index (χ0v) is 10.3. The summed E-state index contributed by atoms with van der Waals surface area (Å²) in [6.45, 7) is 6.60. The number of hydrogen-bond acceptors (Lipinski definition) is 4. The van der Waals surface area contributed by atoms with Crippen molar-refractivity contribution in [1.82, 2.24) is 10.2 Å². The zero-order valence-electron chi connectivity index (χ0n) is 8.71. The van der Waals surface area contributed by atoms with Gasteiger partial charge < -0.3 is 4.74 Å². The lowest BCUT2D eigenvalue weighted by atomic mass is 10.2. The molecule has 0 spiro atoms. The van der Waals surface area contributed by atoms with Crippen molar-refractivity contribution in [2.45, 2.75) is 39.4 Å². The standard InChI is InChI=1S/C9H15ClN2OS/c1-9(2,3)13-6-8-12-11-7(14-8)4-5-10/h4-6H2,1-3H3. The lowest BCUT2D eigenvalue weighted by Crippen LogP contribution is -2.18. The minimum absolute atomic E-state index is 0.127. The summed E-state index contributed by atoms with van der Waals surface area (Å²) in [6.07, 6.45) is 0.786. The number of rotatable bonds is 4. The molecular weight excluding hydrogens is 220 g/mol. The minimum Gasteiger partial charge on any atom is -0.369 e. The predicted molar refractivity (Wildman–Crippen MR) is 58.9 cm³/mol. The van der Waals surface area contributed by atoms with E-state index in [9.17, 15) is 0 Å². The molecule has 0 aliphatic carbocycles. The fourth-order valence-corrected chi connectivity index (χ4v) is 1.86. The van der Waals surface area contributed by atoms with Crippen molar-refractivity contribution in [3.63, 3.8) is 0 Å². The lowest BCUT2D eigenvalue weighted by molar-refractivity contribution is -0.0152. The first kappa shape index (κ1) is 11.9. The molecule has 1 heterocycles. The molecule has 0 bridgehead atoms. The van der Waals surface area contributed by atoms with E-state index >= 15 is 0 Å². The molecule has 0 aromatic carbocycles. The Balaban J connectivity index is 2.44. The van der Waals surface area contributed by atoms with Crippen LogP contribution in [0, 0.1) is 0 Å². The highest BCUT2D eigenvalue weighted by molar-refractivity contribution is 7.11. The van der Waals surface area contributed by atoms with Crippen molar-refractivity contribution in [3.8, 4) is 0 Å². The highest BCUT2D eigenvalue weighted by Gasteiger charge is 2.12. The molecule has 80 valence electrons. The number of aromatic nitrogens is 2. The van der Waals surface area contributed by atoms with Gasteiger partial charge in [-0.15, -0.1) is 21.8 Å². The Kier molecular flexibility index (Phi) is 4.29. The molecule has 0 fully saturated rings. The summed E-state index contributed by atoms with van der Waals surface area (Å²) in [7, 11) is 0. The molecule has 0 amide bonds. The maximum absolute atomic E-state index is 5.60. The van der Waals surface area contributed by atoms with Crippen LogP contribution in [-0.2, 0) is 17.8 Å². The molecule has 3 nitrogen and oxygen atoms in total. The summed E-state index contributed by atoms with van der Waals surface area (Å²) in [5.74, 6) is 0.592. The van der Waals surface area contributed by atoms with Crippen LogP contribution in [0.1, 0.15) is 30.8 Å². The summed E-state index contributed by atoms with van der Waals surface area (Å²) in [4.78, 5) is 0. The quantitative estimate of drug-likeness (QED) is 0.752. The maximum atomic E-state index is 5.60. The van der Waals surface area contributed by atoms with Crippen LogP contribution in [0.3, 0.4) is 0 Å². The number of aryl methyl sites for hydroxylation is 1. The molecule has 0 aliphatic rings. The van der Waals surface area contributed by atoms with E-state index in [4.69, 9.17) is 16.3 Å². The van der Waals surface area contributed by atoms with Crippen LogP contribution >= 0.6 is 22.9 Å². The van der Waals surface area contributed by atoms with E-state index in [1.54, 1.807) is 11.3 Å². The summed E-state index contributed by atoms with van der Waals surface area (Å²) in [5, 5.41) is 9.93.